The Morgan fingerprint density at radius 2 is 1.92 bits per heavy atom. The fourth-order valence-electron chi connectivity index (χ4n) is 2.08. The molecule has 0 saturated carbocycles. The van der Waals surface area contributed by atoms with Crippen molar-refractivity contribution in [2.75, 3.05) is 26.7 Å². The van der Waals surface area contributed by atoms with E-state index < -0.39 is 0 Å². The molecule has 0 radical (unpaired) electrons. The zero-order valence-electron chi connectivity index (χ0n) is 8.32. The molecule has 1 fully saturated rings. The number of hydrogen-bond donors (Lipinski definition) is 0. The van der Waals surface area contributed by atoms with Crippen molar-refractivity contribution in [1.82, 2.24) is 9.80 Å². The van der Waals surface area contributed by atoms with Gasteiger partial charge in [-0.3, -0.25) is 0 Å². The van der Waals surface area contributed by atoms with Crippen LogP contribution in [0.25, 0.3) is 0 Å². The topological polar surface area (TPSA) is 6.48 Å². The lowest BCUT2D eigenvalue weighted by Gasteiger charge is -2.36. The minimum absolute atomic E-state index is 0.775. The minimum atomic E-state index is 0.775. The minimum Gasteiger partial charge on any atom is -0.371 e. The summed E-state index contributed by atoms with van der Waals surface area (Å²) in [6, 6.07) is 0.775. The molecule has 1 saturated heterocycles. The van der Waals surface area contributed by atoms with E-state index >= 15 is 0 Å². The average Bonchev–Trinajstić information content (AvgIpc) is 2.20. The summed E-state index contributed by atoms with van der Waals surface area (Å²) in [5.74, 6) is 0. The molecule has 2 rings (SSSR count). The molecule has 0 atom stereocenters. The van der Waals surface area contributed by atoms with Gasteiger partial charge in [-0.05, 0) is 45.3 Å². The molecule has 0 bridgehead atoms. The summed E-state index contributed by atoms with van der Waals surface area (Å²) in [5, 5.41) is 0. The zero-order valence-corrected chi connectivity index (χ0v) is 8.32. The van der Waals surface area contributed by atoms with E-state index in [0.29, 0.717) is 0 Å². The molecular weight excluding hydrogens is 160 g/mol. The lowest BCUT2D eigenvalue weighted by Crippen LogP contribution is -2.41. The van der Waals surface area contributed by atoms with Crippen LogP contribution in [0, 0.1) is 0 Å². The van der Waals surface area contributed by atoms with Crippen LogP contribution in [-0.4, -0.2) is 42.5 Å². The first-order valence-corrected chi connectivity index (χ1v) is 5.14. The Kier molecular flexibility index (Phi) is 2.69. The Morgan fingerprint density at radius 3 is 2.54 bits per heavy atom. The third-order valence-electron chi connectivity index (χ3n) is 3.00. The van der Waals surface area contributed by atoms with E-state index in [4.69, 9.17) is 0 Å². The van der Waals surface area contributed by atoms with Gasteiger partial charge >= 0.3 is 0 Å². The maximum Gasteiger partial charge on any atom is 0.0360 e. The van der Waals surface area contributed by atoms with Crippen LogP contribution in [0.15, 0.2) is 24.4 Å². The normalized spacial score (nSPS) is 25.5. The van der Waals surface area contributed by atoms with Gasteiger partial charge in [0.1, 0.15) is 0 Å². The van der Waals surface area contributed by atoms with Gasteiger partial charge in [-0.2, -0.15) is 0 Å². The second-order valence-corrected chi connectivity index (χ2v) is 4.00. The highest BCUT2D eigenvalue weighted by Crippen LogP contribution is 2.16. The summed E-state index contributed by atoms with van der Waals surface area (Å²) >= 11 is 0. The van der Waals surface area contributed by atoms with E-state index in [0.717, 1.165) is 12.6 Å². The molecule has 0 aliphatic carbocycles. The number of piperidine rings is 1. The molecular formula is C11H18N2. The maximum absolute atomic E-state index is 2.47. The fourth-order valence-corrected chi connectivity index (χ4v) is 2.08. The lowest BCUT2D eigenvalue weighted by molar-refractivity contribution is 0.169. The van der Waals surface area contributed by atoms with E-state index in [-0.39, 0.29) is 0 Å². The Hall–Kier alpha value is -0.760. The summed E-state index contributed by atoms with van der Waals surface area (Å²) in [5.41, 5.74) is 0. The van der Waals surface area contributed by atoms with Crippen LogP contribution in [0.5, 0.6) is 0 Å². The third-order valence-corrected chi connectivity index (χ3v) is 3.00. The van der Waals surface area contributed by atoms with Gasteiger partial charge in [-0.1, -0.05) is 12.2 Å². The van der Waals surface area contributed by atoms with Gasteiger partial charge in [0.25, 0.3) is 0 Å². The first-order valence-electron chi connectivity index (χ1n) is 5.14. The fraction of sp³-hybridized carbons (Fsp3) is 0.636. The van der Waals surface area contributed by atoms with Gasteiger partial charge in [0, 0.05) is 12.6 Å². The highest BCUT2D eigenvalue weighted by molar-refractivity contribution is 5.09. The standard InChI is InChI=1S/C11H18N2/c1-12-9-5-11(6-10-12)13-7-3-2-4-8-13/h2-4,7,11H,5-6,8-10H2,1H3. The number of hydrogen-bond acceptors (Lipinski definition) is 2. The average molecular weight is 178 g/mol. The Morgan fingerprint density at radius 1 is 1.15 bits per heavy atom. The number of likely N-dealkylation sites (tertiary alicyclic amines) is 1. The van der Waals surface area contributed by atoms with Crippen LogP contribution >= 0.6 is 0 Å². The predicted molar refractivity (Wildman–Crippen MR) is 55.5 cm³/mol. The van der Waals surface area contributed by atoms with E-state index in [1.165, 1.54) is 25.9 Å². The quantitative estimate of drug-likeness (QED) is 0.600. The van der Waals surface area contributed by atoms with Crippen molar-refractivity contribution in [3.63, 3.8) is 0 Å². The summed E-state index contributed by atoms with van der Waals surface area (Å²) in [4.78, 5) is 4.88. The molecule has 2 aliphatic heterocycles. The number of allylic oxidation sites excluding steroid dienone is 2. The molecule has 0 amide bonds. The van der Waals surface area contributed by atoms with Gasteiger partial charge < -0.3 is 9.80 Å². The van der Waals surface area contributed by atoms with Crippen molar-refractivity contribution in [2.45, 2.75) is 18.9 Å². The molecule has 13 heavy (non-hydrogen) atoms. The summed E-state index contributed by atoms with van der Waals surface area (Å²) in [6.45, 7) is 3.60. The molecule has 2 aliphatic rings. The van der Waals surface area contributed by atoms with Crippen molar-refractivity contribution < 1.29 is 0 Å². The van der Waals surface area contributed by atoms with Crippen LogP contribution in [0.4, 0.5) is 0 Å². The highest BCUT2D eigenvalue weighted by atomic mass is 15.2. The lowest BCUT2D eigenvalue weighted by atomic mass is 10.0. The summed E-state index contributed by atoms with van der Waals surface area (Å²) < 4.78 is 0. The second-order valence-electron chi connectivity index (χ2n) is 4.00. The monoisotopic (exact) mass is 178 g/mol. The van der Waals surface area contributed by atoms with Crippen LogP contribution in [0.2, 0.25) is 0 Å². The Bertz CT molecular complexity index is 212. The van der Waals surface area contributed by atoms with E-state index in [9.17, 15) is 0 Å². The summed E-state index contributed by atoms with van der Waals surface area (Å²) in [7, 11) is 2.21. The summed E-state index contributed by atoms with van der Waals surface area (Å²) in [6.07, 6.45) is 11.4. The largest absolute Gasteiger partial charge is 0.371 e. The smallest absolute Gasteiger partial charge is 0.0360 e. The maximum atomic E-state index is 2.47. The molecule has 0 N–H and O–H groups in total. The second kappa shape index (κ2) is 3.97. The van der Waals surface area contributed by atoms with E-state index in [2.05, 4.69) is 41.3 Å². The van der Waals surface area contributed by atoms with Gasteiger partial charge in [-0.25, -0.2) is 0 Å². The SMILES string of the molecule is CN1CCC(N2C=CC=CC2)CC1. The van der Waals surface area contributed by atoms with Gasteiger partial charge in [0.2, 0.25) is 0 Å². The molecule has 0 aromatic rings. The van der Waals surface area contributed by atoms with E-state index in [1.54, 1.807) is 0 Å². The van der Waals surface area contributed by atoms with Crippen molar-refractivity contribution in [1.29, 1.82) is 0 Å². The Balaban J connectivity index is 1.87. The third kappa shape index (κ3) is 2.13. The van der Waals surface area contributed by atoms with Crippen molar-refractivity contribution in [2.24, 2.45) is 0 Å². The first-order chi connectivity index (χ1) is 6.36. The molecule has 0 aromatic heterocycles. The molecule has 72 valence electrons. The van der Waals surface area contributed by atoms with Gasteiger partial charge in [-0.15, -0.1) is 0 Å². The first kappa shape index (κ1) is 8.82. The van der Waals surface area contributed by atoms with Crippen molar-refractivity contribution >= 4 is 0 Å². The predicted octanol–water partition coefficient (Wildman–Crippen LogP) is 1.47. The number of rotatable bonds is 1. The zero-order chi connectivity index (χ0) is 9.10. The van der Waals surface area contributed by atoms with Crippen molar-refractivity contribution in [3.8, 4) is 0 Å². The van der Waals surface area contributed by atoms with Gasteiger partial charge in [0.05, 0.1) is 0 Å². The van der Waals surface area contributed by atoms with E-state index in [1.807, 2.05) is 0 Å². The molecule has 0 aromatic carbocycles. The van der Waals surface area contributed by atoms with Crippen LogP contribution < -0.4 is 0 Å². The molecule has 2 nitrogen and oxygen atoms in total. The van der Waals surface area contributed by atoms with Crippen molar-refractivity contribution in [3.05, 3.63) is 24.4 Å². The Labute approximate surface area is 80.5 Å². The van der Waals surface area contributed by atoms with Crippen LogP contribution in [-0.2, 0) is 0 Å². The molecule has 2 heteroatoms. The molecule has 0 unspecified atom stereocenters. The van der Waals surface area contributed by atoms with Crippen LogP contribution in [0.3, 0.4) is 0 Å². The molecule has 2 heterocycles. The number of nitrogens with zero attached hydrogens (tertiary/aromatic N) is 2. The van der Waals surface area contributed by atoms with Crippen LogP contribution in [0.1, 0.15) is 12.8 Å². The highest BCUT2D eigenvalue weighted by Gasteiger charge is 2.20. The van der Waals surface area contributed by atoms with Gasteiger partial charge in [0.15, 0.2) is 0 Å². The molecule has 0 spiro atoms.